The summed E-state index contributed by atoms with van der Waals surface area (Å²) in [5, 5.41) is 2.27. The lowest BCUT2D eigenvalue weighted by atomic mass is 9.67. The molecular formula is C55H37NO. The second-order valence-corrected chi connectivity index (χ2v) is 14.9. The van der Waals surface area contributed by atoms with Crippen LogP contribution >= 0.6 is 0 Å². The molecule has 2 nitrogen and oxygen atoms in total. The van der Waals surface area contributed by atoms with Crippen LogP contribution in [-0.2, 0) is 5.41 Å². The van der Waals surface area contributed by atoms with Crippen molar-refractivity contribution < 1.29 is 4.42 Å². The highest BCUT2D eigenvalue weighted by atomic mass is 16.3. The van der Waals surface area contributed by atoms with Crippen molar-refractivity contribution in [2.24, 2.45) is 0 Å². The van der Waals surface area contributed by atoms with Crippen LogP contribution in [0.4, 0.5) is 17.1 Å². The monoisotopic (exact) mass is 727 g/mol. The van der Waals surface area contributed by atoms with E-state index >= 15 is 0 Å². The van der Waals surface area contributed by atoms with Gasteiger partial charge in [0.1, 0.15) is 11.2 Å². The van der Waals surface area contributed by atoms with E-state index in [1.807, 2.05) is 6.07 Å². The van der Waals surface area contributed by atoms with E-state index in [9.17, 15) is 0 Å². The van der Waals surface area contributed by atoms with Gasteiger partial charge in [-0.15, -0.1) is 0 Å². The molecule has 0 saturated carbocycles. The van der Waals surface area contributed by atoms with E-state index in [-0.39, 0.29) is 0 Å². The minimum absolute atomic E-state index is 0.557. The molecule has 0 N–H and O–H groups in total. The van der Waals surface area contributed by atoms with Crippen LogP contribution in [0.25, 0.3) is 55.3 Å². The first-order chi connectivity index (χ1) is 28.3. The Bertz CT molecular complexity index is 2910. The maximum absolute atomic E-state index is 6.52. The second kappa shape index (κ2) is 13.4. The fraction of sp³-hybridized carbons (Fsp3) is 0.0182. The number of hydrogen-bond donors (Lipinski definition) is 0. The lowest BCUT2D eigenvalue weighted by Gasteiger charge is -2.34. The van der Waals surface area contributed by atoms with Crippen LogP contribution in [0.2, 0.25) is 0 Å². The van der Waals surface area contributed by atoms with E-state index in [1.165, 1.54) is 55.6 Å². The van der Waals surface area contributed by atoms with Crippen molar-refractivity contribution in [1.29, 1.82) is 0 Å². The molecule has 11 rings (SSSR count). The van der Waals surface area contributed by atoms with Gasteiger partial charge in [0.15, 0.2) is 0 Å². The second-order valence-electron chi connectivity index (χ2n) is 14.9. The first-order valence-electron chi connectivity index (χ1n) is 19.6. The molecule has 268 valence electrons. The van der Waals surface area contributed by atoms with Crippen molar-refractivity contribution in [2.45, 2.75) is 5.41 Å². The Morgan fingerprint density at radius 3 is 1.30 bits per heavy atom. The summed E-state index contributed by atoms with van der Waals surface area (Å²) in [5.41, 5.74) is 16.8. The van der Waals surface area contributed by atoms with Crippen LogP contribution in [0.3, 0.4) is 0 Å². The maximum Gasteiger partial charge on any atom is 0.135 e. The summed E-state index contributed by atoms with van der Waals surface area (Å²) < 4.78 is 6.52. The molecule has 57 heavy (non-hydrogen) atoms. The molecule has 0 amide bonds. The van der Waals surface area contributed by atoms with Gasteiger partial charge in [-0.2, -0.15) is 0 Å². The lowest BCUT2D eigenvalue weighted by molar-refractivity contribution is 0.665. The molecule has 0 atom stereocenters. The van der Waals surface area contributed by atoms with E-state index in [0.717, 1.165) is 39.0 Å². The molecule has 2 heteroatoms. The Morgan fingerprint density at radius 1 is 0.316 bits per heavy atom. The van der Waals surface area contributed by atoms with Gasteiger partial charge in [0.2, 0.25) is 0 Å². The smallest absolute Gasteiger partial charge is 0.135 e. The highest BCUT2D eigenvalue weighted by Crippen LogP contribution is 2.56. The number of anilines is 3. The Kier molecular flexibility index (Phi) is 7.75. The Morgan fingerprint density at radius 2 is 0.737 bits per heavy atom. The summed E-state index contributed by atoms with van der Waals surface area (Å²) in [4.78, 5) is 2.36. The fourth-order valence-corrected chi connectivity index (χ4v) is 9.16. The molecular weight excluding hydrogens is 691 g/mol. The van der Waals surface area contributed by atoms with Gasteiger partial charge in [-0.3, -0.25) is 0 Å². The highest BCUT2D eigenvalue weighted by Gasteiger charge is 2.46. The van der Waals surface area contributed by atoms with Crippen LogP contribution in [0, 0.1) is 0 Å². The molecule has 0 unspecified atom stereocenters. The van der Waals surface area contributed by atoms with Gasteiger partial charge in [-0.1, -0.05) is 176 Å². The van der Waals surface area contributed by atoms with Crippen LogP contribution in [-0.4, -0.2) is 0 Å². The van der Waals surface area contributed by atoms with Crippen LogP contribution in [0.1, 0.15) is 22.3 Å². The van der Waals surface area contributed by atoms with E-state index in [0.29, 0.717) is 0 Å². The molecule has 0 saturated heterocycles. The Balaban J connectivity index is 1.08. The molecule has 9 aromatic carbocycles. The number of para-hydroxylation sites is 1. The number of furan rings is 1. The molecule has 0 aliphatic heterocycles. The summed E-state index contributed by atoms with van der Waals surface area (Å²) in [6.45, 7) is 0. The molecule has 0 spiro atoms. The molecule has 1 heterocycles. The zero-order valence-corrected chi connectivity index (χ0v) is 31.2. The van der Waals surface area contributed by atoms with Gasteiger partial charge in [-0.05, 0) is 104 Å². The number of hydrogen-bond acceptors (Lipinski definition) is 2. The third kappa shape index (κ3) is 5.33. The number of benzene rings is 9. The minimum Gasteiger partial charge on any atom is -0.456 e. The zero-order chi connectivity index (χ0) is 37.8. The van der Waals surface area contributed by atoms with Gasteiger partial charge in [0.25, 0.3) is 0 Å². The number of nitrogens with zero attached hydrogens (tertiary/aromatic N) is 1. The predicted molar refractivity (Wildman–Crippen MR) is 237 cm³/mol. The number of fused-ring (bicyclic) bond motifs is 6. The zero-order valence-electron chi connectivity index (χ0n) is 31.2. The van der Waals surface area contributed by atoms with Crippen LogP contribution < -0.4 is 4.90 Å². The van der Waals surface area contributed by atoms with Crippen molar-refractivity contribution in [3.8, 4) is 33.4 Å². The first kappa shape index (κ1) is 33.0. The molecule has 0 radical (unpaired) electrons. The van der Waals surface area contributed by atoms with Gasteiger partial charge < -0.3 is 9.32 Å². The van der Waals surface area contributed by atoms with Crippen molar-refractivity contribution in [3.63, 3.8) is 0 Å². The van der Waals surface area contributed by atoms with Crippen molar-refractivity contribution in [2.75, 3.05) is 4.90 Å². The van der Waals surface area contributed by atoms with E-state index < -0.39 is 5.41 Å². The third-order valence-corrected chi connectivity index (χ3v) is 11.8. The summed E-state index contributed by atoms with van der Waals surface area (Å²) >= 11 is 0. The quantitative estimate of drug-likeness (QED) is 0.163. The summed E-state index contributed by atoms with van der Waals surface area (Å²) in [6, 6.07) is 81.1. The maximum atomic E-state index is 6.52. The molecule has 10 aromatic rings. The Hall–Kier alpha value is -7.42. The lowest BCUT2D eigenvalue weighted by Crippen LogP contribution is -2.28. The van der Waals surface area contributed by atoms with Gasteiger partial charge in [0, 0.05) is 27.8 Å². The normalized spacial score (nSPS) is 12.7. The number of rotatable bonds is 7. The van der Waals surface area contributed by atoms with Crippen molar-refractivity contribution in [3.05, 3.63) is 247 Å². The van der Waals surface area contributed by atoms with Crippen molar-refractivity contribution >= 4 is 39.0 Å². The fourth-order valence-electron chi connectivity index (χ4n) is 9.16. The van der Waals surface area contributed by atoms with Gasteiger partial charge >= 0.3 is 0 Å². The van der Waals surface area contributed by atoms with Gasteiger partial charge in [0.05, 0.1) is 5.41 Å². The van der Waals surface area contributed by atoms with E-state index in [4.69, 9.17) is 4.42 Å². The summed E-state index contributed by atoms with van der Waals surface area (Å²) in [6.07, 6.45) is 0. The summed E-state index contributed by atoms with van der Waals surface area (Å²) in [7, 11) is 0. The first-order valence-corrected chi connectivity index (χ1v) is 19.6. The predicted octanol–water partition coefficient (Wildman–Crippen LogP) is 14.8. The summed E-state index contributed by atoms with van der Waals surface area (Å²) in [5.74, 6) is 0. The molecule has 1 aromatic heterocycles. The van der Waals surface area contributed by atoms with E-state index in [1.54, 1.807) is 0 Å². The largest absolute Gasteiger partial charge is 0.456 e. The Labute approximate surface area is 332 Å². The topological polar surface area (TPSA) is 16.4 Å². The SMILES string of the molecule is c1ccc(-c2ccc(N(c3ccc(-c4ccccc4)cc3)c3ccc(C4(c5ccc6c(c5)oc5ccccc56)c5ccccc5-c5ccccc54)cc3)cc2)cc1. The molecule has 1 aliphatic carbocycles. The van der Waals surface area contributed by atoms with Crippen molar-refractivity contribution in [1.82, 2.24) is 0 Å². The minimum atomic E-state index is -0.557. The van der Waals surface area contributed by atoms with Crippen LogP contribution in [0.5, 0.6) is 0 Å². The molecule has 0 bridgehead atoms. The van der Waals surface area contributed by atoms with Gasteiger partial charge in [-0.25, -0.2) is 0 Å². The average Bonchev–Trinajstić information content (AvgIpc) is 3.81. The average molecular weight is 728 g/mol. The standard InChI is InChI=1S/C55H37NO/c1-3-13-38(14-4-1)40-23-30-44(31-24-40)56(45-32-25-41(26-33-45)39-15-5-2-6-16-39)46-34-27-42(28-35-46)55(51-20-10-7-17-47(51)48-18-8-11-21-52(48)55)43-29-36-50-49-19-9-12-22-53(49)57-54(50)37-43/h1-37H. The third-order valence-electron chi connectivity index (χ3n) is 11.8. The molecule has 1 aliphatic rings. The van der Waals surface area contributed by atoms with E-state index in [2.05, 4.69) is 223 Å². The molecule has 0 fully saturated rings. The van der Waals surface area contributed by atoms with Crippen LogP contribution in [0.15, 0.2) is 229 Å². The highest BCUT2D eigenvalue weighted by molar-refractivity contribution is 6.05.